The Morgan fingerprint density at radius 1 is 1.24 bits per heavy atom. The van der Waals surface area contributed by atoms with Crippen molar-refractivity contribution in [1.82, 2.24) is 4.57 Å². The Morgan fingerprint density at radius 3 is 2.84 bits per heavy atom. The third-order valence-electron chi connectivity index (χ3n) is 3.83. The average Bonchev–Trinajstić information content (AvgIpc) is 2.99. The molecule has 6 heteroatoms. The quantitative estimate of drug-likeness (QED) is 0.668. The molecule has 0 saturated carbocycles. The first-order valence-corrected chi connectivity index (χ1v) is 8.57. The fourth-order valence-electron chi connectivity index (χ4n) is 2.66. The highest BCUT2D eigenvalue weighted by molar-refractivity contribution is 7.16. The molecule has 5 nitrogen and oxygen atoms in total. The van der Waals surface area contributed by atoms with Crippen molar-refractivity contribution in [3.05, 3.63) is 53.3 Å². The van der Waals surface area contributed by atoms with Gasteiger partial charge in [-0.3, -0.25) is 4.79 Å². The zero-order valence-corrected chi connectivity index (χ0v) is 14.0. The van der Waals surface area contributed by atoms with Gasteiger partial charge in [-0.1, -0.05) is 41.5 Å². The van der Waals surface area contributed by atoms with E-state index in [0.717, 1.165) is 10.2 Å². The minimum absolute atomic E-state index is 0.138. The Labute approximate surface area is 148 Å². The van der Waals surface area contributed by atoms with E-state index >= 15 is 0 Å². The fourth-order valence-corrected chi connectivity index (χ4v) is 3.69. The summed E-state index contributed by atoms with van der Waals surface area (Å²) in [6.07, 6.45) is 4.70. The second-order valence-electron chi connectivity index (χ2n) is 5.46. The van der Waals surface area contributed by atoms with Gasteiger partial charge >= 0.3 is 0 Å². The van der Waals surface area contributed by atoms with Crippen LogP contribution in [0.3, 0.4) is 0 Å². The van der Waals surface area contributed by atoms with E-state index in [2.05, 4.69) is 10.9 Å². The van der Waals surface area contributed by atoms with Crippen molar-refractivity contribution in [2.24, 2.45) is 4.99 Å². The molecule has 0 radical (unpaired) electrons. The third-order valence-corrected chi connectivity index (χ3v) is 4.89. The van der Waals surface area contributed by atoms with Crippen LogP contribution in [0.1, 0.15) is 0 Å². The molecule has 0 spiro atoms. The summed E-state index contributed by atoms with van der Waals surface area (Å²) in [5.74, 6) is 3.41. The summed E-state index contributed by atoms with van der Waals surface area (Å²) < 4.78 is 14.2. The van der Waals surface area contributed by atoms with E-state index in [1.54, 1.807) is 12.1 Å². The van der Waals surface area contributed by atoms with Crippen LogP contribution in [0.15, 0.2) is 53.5 Å². The lowest BCUT2D eigenvalue weighted by atomic mass is 10.2. The van der Waals surface area contributed by atoms with Crippen LogP contribution < -0.4 is 14.3 Å². The van der Waals surface area contributed by atoms with Crippen LogP contribution in [-0.4, -0.2) is 23.2 Å². The molecule has 3 aromatic rings. The van der Waals surface area contributed by atoms with E-state index in [1.807, 2.05) is 41.0 Å². The molecule has 0 bridgehead atoms. The predicted octanol–water partition coefficient (Wildman–Crippen LogP) is 2.60. The monoisotopic (exact) mass is 350 g/mol. The molecule has 0 fully saturated rings. The van der Waals surface area contributed by atoms with Crippen LogP contribution in [0.2, 0.25) is 0 Å². The summed E-state index contributed by atoms with van der Waals surface area (Å²) in [5.41, 5.74) is 0.961. The smallest absolute Gasteiger partial charge is 0.292 e. The van der Waals surface area contributed by atoms with Crippen LogP contribution in [0, 0.1) is 12.3 Å². The first-order chi connectivity index (χ1) is 12.3. The topological polar surface area (TPSA) is 52.8 Å². The van der Waals surface area contributed by atoms with Gasteiger partial charge in [0.2, 0.25) is 6.10 Å². The number of fused-ring (bicyclic) bond motifs is 2. The van der Waals surface area contributed by atoms with E-state index in [9.17, 15) is 4.79 Å². The minimum atomic E-state index is -0.764. The Hall–Kier alpha value is -3.04. The number of thiazole rings is 1. The normalized spacial score (nSPS) is 16.6. The summed E-state index contributed by atoms with van der Waals surface area (Å²) in [6.45, 7) is 0.486. The fraction of sp³-hybridized carbons (Fsp3) is 0.158. The van der Waals surface area contributed by atoms with Crippen LogP contribution in [-0.2, 0) is 11.3 Å². The third kappa shape index (κ3) is 2.90. The van der Waals surface area contributed by atoms with E-state index in [0.29, 0.717) is 22.8 Å². The van der Waals surface area contributed by atoms with Gasteiger partial charge in [0, 0.05) is 0 Å². The highest BCUT2D eigenvalue weighted by atomic mass is 32.1. The van der Waals surface area contributed by atoms with Crippen LogP contribution in [0.4, 0.5) is 0 Å². The Morgan fingerprint density at radius 2 is 2.00 bits per heavy atom. The molecule has 0 N–H and O–H groups in total. The number of benzene rings is 2. The lowest BCUT2D eigenvalue weighted by molar-refractivity contribution is -0.127. The van der Waals surface area contributed by atoms with E-state index in [1.165, 1.54) is 11.3 Å². The van der Waals surface area contributed by atoms with Gasteiger partial charge in [-0.2, -0.15) is 4.99 Å². The predicted molar refractivity (Wildman–Crippen MR) is 95.6 cm³/mol. The number of carbonyl (C=O) groups is 1. The second kappa shape index (κ2) is 6.46. The molecule has 1 aliphatic heterocycles. The Kier molecular flexibility index (Phi) is 4.00. The summed E-state index contributed by atoms with van der Waals surface area (Å²) in [4.78, 5) is 17.4. The van der Waals surface area contributed by atoms with Crippen molar-refractivity contribution < 1.29 is 14.3 Å². The lowest BCUT2D eigenvalue weighted by Gasteiger charge is -2.23. The van der Waals surface area contributed by atoms with Crippen LogP contribution in [0.25, 0.3) is 10.2 Å². The number of terminal acetylenes is 1. The Balaban J connectivity index is 1.69. The molecule has 0 saturated heterocycles. The molecule has 1 aliphatic rings. The number of ether oxygens (including phenoxy) is 2. The molecule has 0 aliphatic carbocycles. The Bertz CT molecular complexity index is 1060. The van der Waals surface area contributed by atoms with Crippen molar-refractivity contribution in [2.75, 3.05) is 6.61 Å². The number of amides is 1. The van der Waals surface area contributed by atoms with Gasteiger partial charge < -0.3 is 14.0 Å². The lowest BCUT2D eigenvalue weighted by Crippen LogP contribution is -2.36. The molecule has 1 atom stereocenters. The number of para-hydroxylation sites is 3. The zero-order chi connectivity index (χ0) is 17.2. The van der Waals surface area contributed by atoms with Gasteiger partial charge in [0.1, 0.15) is 6.61 Å². The minimum Gasteiger partial charge on any atom is -0.485 e. The molecule has 2 aromatic carbocycles. The maximum absolute atomic E-state index is 12.6. The van der Waals surface area contributed by atoms with E-state index < -0.39 is 6.10 Å². The van der Waals surface area contributed by atoms with Crippen molar-refractivity contribution in [3.63, 3.8) is 0 Å². The SMILES string of the molecule is C#CCn1c(=NC(=O)[C@@H]2COc3ccccc3O2)sc2ccccc21. The number of carbonyl (C=O) groups excluding carboxylic acids is 1. The number of hydrogen-bond acceptors (Lipinski definition) is 4. The average molecular weight is 350 g/mol. The summed E-state index contributed by atoms with van der Waals surface area (Å²) >= 11 is 1.43. The van der Waals surface area contributed by atoms with Crippen LogP contribution in [0.5, 0.6) is 11.5 Å². The van der Waals surface area contributed by atoms with Crippen LogP contribution >= 0.6 is 11.3 Å². The largest absolute Gasteiger partial charge is 0.485 e. The van der Waals surface area contributed by atoms with Gasteiger partial charge in [-0.25, -0.2) is 0 Å². The van der Waals surface area contributed by atoms with Crippen molar-refractivity contribution in [3.8, 4) is 23.8 Å². The summed E-state index contributed by atoms with van der Waals surface area (Å²) in [5, 5.41) is 0. The maximum atomic E-state index is 12.6. The van der Waals surface area contributed by atoms with Gasteiger partial charge in [-0.05, 0) is 24.3 Å². The molecule has 4 rings (SSSR count). The van der Waals surface area contributed by atoms with Gasteiger partial charge in [0.15, 0.2) is 16.3 Å². The van der Waals surface area contributed by atoms with Gasteiger partial charge in [0.25, 0.3) is 5.91 Å². The van der Waals surface area contributed by atoms with Gasteiger partial charge in [-0.15, -0.1) is 6.42 Å². The van der Waals surface area contributed by atoms with E-state index in [-0.39, 0.29) is 12.5 Å². The van der Waals surface area contributed by atoms with Crippen molar-refractivity contribution in [1.29, 1.82) is 0 Å². The zero-order valence-electron chi connectivity index (χ0n) is 13.2. The van der Waals surface area contributed by atoms with Crippen molar-refractivity contribution >= 4 is 27.5 Å². The maximum Gasteiger partial charge on any atom is 0.292 e. The second-order valence-corrected chi connectivity index (χ2v) is 6.47. The number of hydrogen-bond donors (Lipinski definition) is 0. The highest BCUT2D eigenvalue weighted by Gasteiger charge is 2.27. The molecule has 0 unspecified atom stereocenters. The summed E-state index contributed by atoms with van der Waals surface area (Å²) in [7, 11) is 0. The number of nitrogens with zero attached hydrogens (tertiary/aromatic N) is 2. The first-order valence-electron chi connectivity index (χ1n) is 7.75. The van der Waals surface area contributed by atoms with E-state index in [4.69, 9.17) is 15.9 Å². The number of rotatable bonds is 2. The molecule has 25 heavy (non-hydrogen) atoms. The molecule has 124 valence electrons. The molecular weight excluding hydrogens is 336 g/mol. The first kappa shape index (κ1) is 15.5. The molecular formula is C19H14N2O3S. The summed E-state index contributed by atoms with van der Waals surface area (Å²) in [6, 6.07) is 15.1. The molecule has 1 aromatic heterocycles. The number of aromatic nitrogens is 1. The van der Waals surface area contributed by atoms with Crippen molar-refractivity contribution in [2.45, 2.75) is 12.6 Å². The standard InChI is InChI=1S/C19H14N2O3S/c1-2-11-21-13-7-3-6-10-17(13)25-19(21)20-18(22)16-12-23-14-8-4-5-9-15(14)24-16/h1,3-10,16H,11-12H2/t16-/m0/s1. The molecule has 2 heterocycles. The van der Waals surface area contributed by atoms with Gasteiger partial charge in [0.05, 0.1) is 16.8 Å². The molecule has 1 amide bonds. The highest BCUT2D eigenvalue weighted by Crippen LogP contribution is 2.31.